The van der Waals surface area contributed by atoms with Gasteiger partial charge in [0.15, 0.2) is 17.4 Å². The molecular formula is C52H62ClN3O9. The van der Waals surface area contributed by atoms with Gasteiger partial charge in [0.05, 0.1) is 13.7 Å². The smallest absolute Gasteiger partial charge is 0.333 e. The minimum atomic E-state index is -1.66. The van der Waals surface area contributed by atoms with Crippen molar-refractivity contribution in [3.05, 3.63) is 169 Å². The molecule has 0 aliphatic carbocycles. The van der Waals surface area contributed by atoms with E-state index < -0.39 is 64.6 Å². The van der Waals surface area contributed by atoms with Crippen molar-refractivity contribution in [1.82, 2.24) is 14.0 Å². The SMILES string of the molecule is COc1ccc(Cn2c(=O)ccn([C@@H]3O[C@H]([C@@H](O)[C@@H](Cl)C(=O)OC(C)(C)[C@@H](c4ccccc4)[C@@H](C)N(Cc4ccccc4C)Cc4c(C)cc(C)cc4C)[C@@H]4OC(C)(C)OC43)c2=O)cc1. The molecule has 5 aromatic rings. The first kappa shape index (κ1) is 47.9. The summed E-state index contributed by atoms with van der Waals surface area (Å²) in [6, 6.07) is 30.9. The van der Waals surface area contributed by atoms with Crippen molar-refractivity contribution in [1.29, 1.82) is 0 Å². The fourth-order valence-corrected chi connectivity index (χ4v) is 9.91. The highest BCUT2D eigenvalue weighted by atomic mass is 35.5. The molecule has 2 aliphatic heterocycles. The van der Waals surface area contributed by atoms with Crippen LogP contribution in [0.3, 0.4) is 0 Å². The molecule has 0 spiro atoms. The Kier molecular flexibility index (Phi) is 14.3. The maximum absolute atomic E-state index is 14.4. The van der Waals surface area contributed by atoms with Gasteiger partial charge < -0.3 is 28.8 Å². The van der Waals surface area contributed by atoms with Gasteiger partial charge in [-0.1, -0.05) is 84.4 Å². The van der Waals surface area contributed by atoms with Crippen LogP contribution in [0.4, 0.5) is 0 Å². The van der Waals surface area contributed by atoms with Crippen molar-refractivity contribution >= 4 is 17.6 Å². The number of methoxy groups -OCH3 is 1. The summed E-state index contributed by atoms with van der Waals surface area (Å²) in [5.41, 5.74) is 6.60. The van der Waals surface area contributed by atoms with E-state index in [4.69, 9.17) is 35.3 Å². The summed E-state index contributed by atoms with van der Waals surface area (Å²) < 4.78 is 33.0. The van der Waals surface area contributed by atoms with Crippen LogP contribution < -0.4 is 16.0 Å². The van der Waals surface area contributed by atoms with Crippen LogP contribution >= 0.6 is 11.6 Å². The number of aromatic nitrogens is 2. The molecule has 0 amide bonds. The number of aliphatic hydroxyl groups excluding tert-OH is 1. The fourth-order valence-electron chi connectivity index (χ4n) is 9.72. The molecule has 346 valence electrons. The number of rotatable bonds is 16. The zero-order valence-electron chi connectivity index (χ0n) is 39.0. The predicted octanol–water partition coefficient (Wildman–Crippen LogP) is 7.88. The van der Waals surface area contributed by atoms with E-state index in [1.54, 1.807) is 45.2 Å². The van der Waals surface area contributed by atoms with E-state index in [0.717, 1.165) is 10.1 Å². The summed E-state index contributed by atoms with van der Waals surface area (Å²) in [6.07, 6.45) is -4.54. The largest absolute Gasteiger partial charge is 0.497 e. The number of fused-ring (bicyclic) bond motifs is 1. The van der Waals surface area contributed by atoms with Gasteiger partial charge in [-0.2, -0.15) is 0 Å². The minimum absolute atomic E-state index is 0.0128. The molecule has 65 heavy (non-hydrogen) atoms. The van der Waals surface area contributed by atoms with Crippen LogP contribution in [0, 0.1) is 27.7 Å². The molecule has 2 aliphatic rings. The fraction of sp³-hybridized carbons (Fsp3) is 0.442. The van der Waals surface area contributed by atoms with Gasteiger partial charge in [-0.25, -0.2) is 4.79 Å². The van der Waals surface area contributed by atoms with Gasteiger partial charge in [-0.15, -0.1) is 11.6 Å². The second-order valence-electron chi connectivity index (χ2n) is 18.6. The Morgan fingerprint density at radius 3 is 2.15 bits per heavy atom. The van der Waals surface area contributed by atoms with Gasteiger partial charge in [-0.3, -0.25) is 23.6 Å². The topological polar surface area (TPSA) is 131 Å². The van der Waals surface area contributed by atoms with Crippen LogP contribution in [0.1, 0.15) is 91.3 Å². The van der Waals surface area contributed by atoms with Gasteiger partial charge in [0, 0.05) is 37.3 Å². The second-order valence-corrected chi connectivity index (χ2v) is 19.1. The third-order valence-corrected chi connectivity index (χ3v) is 13.4. The van der Waals surface area contributed by atoms with Crippen molar-refractivity contribution in [3.63, 3.8) is 0 Å². The molecule has 0 saturated carbocycles. The first-order valence-electron chi connectivity index (χ1n) is 22.2. The number of aliphatic hydroxyl groups is 1. The van der Waals surface area contributed by atoms with Crippen molar-refractivity contribution in [2.45, 2.75) is 141 Å². The van der Waals surface area contributed by atoms with Crippen LogP contribution in [0.15, 0.2) is 113 Å². The lowest BCUT2D eigenvalue weighted by Gasteiger charge is -2.43. The van der Waals surface area contributed by atoms with Crippen molar-refractivity contribution in [2.24, 2.45) is 0 Å². The van der Waals surface area contributed by atoms with E-state index >= 15 is 0 Å². The molecule has 2 saturated heterocycles. The van der Waals surface area contributed by atoms with E-state index in [-0.39, 0.29) is 18.5 Å². The van der Waals surface area contributed by atoms with Gasteiger partial charge in [-0.05, 0) is 113 Å². The molecule has 0 bridgehead atoms. The first-order valence-corrected chi connectivity index (χ1v) is 22.6. The Hall–Kier alpha value is -5.08. The summed E-state index contributed by atoms with van der Waals surface area (Å²) in [4.78, 5) is 43.9. The highest BCUT2D eigenvalue weighted by Gasteiger charge is 2.59. The Morgan fingerprint density at radius 2 is 1.51 bits per heavy atom. The molecule has 4 aromatic carbocycles. The zero-order chi connectivity index (χ0) is 47.0. The molecule has 7 rings (SSSR count). The maximum atomic E-state index is 14.4. The van der Waals surface area contributed by atoms with Crippen LogP contribution in [0.5, 0.6) is 5.75 Å². The minimum Gasteiger partial charge on any atom is -0.497 e. The molecule has 13 heteroatoms. The second kappa shape index (κ2) is 19.4. The number of ether oxygens (including phenoxy) is 5. The van der Waals surface area contributed by atoms with Gasteiger partial charge in [0.2, 0.25) is 0 Å². The number of carbonyl (C=O) groups excluding carboxylic acids is 1. The number of esters is 1. The van der Waals surface area contributed by atoms with Crippen molar-refractivity contribution < 1.29 is 33.6 Å². The lowest BCUT2D eigenvalue weighted by atomic mass is 9.78. The average molecular weight is 909 g/mol. The normalized spacial score (nSPS) is 21.1. The zero-order valence-corrected chi connectivity index (χ0v) is 39.7. The molecular weight excluding hydrogens is 846 g/mol. The quantitative estimate of drug-likeness (QED) is 0.0771. The number of aryl methyl sites for hydroxylation is 4. The molecule has 1 aromatic heterocycles. The highest BCUT2D eigenvalue weighted by Crippen LogP contribution is 2.45. The van der Waals surface area contributed by atoms with Crippen LogP contribution in [-0.2, 0) is 43.4 Å². The summed E-state index contributed by atoms with van der Waals surface area (Å²) in [5, 5.41) is 10.4. The number of carbonyl (C=O) groups is 1. The van der Waals surface area contributed by atoms with E-state index in [1.807, 2.05) is 50.2 Å². The summed E-state index contributed by atoms with van der Waals surface area (Å²) >= 11 is 6.95. The van der Waals surface area contributed by atoms with Crippen LogP contribution in [-0.4, -0.2) is 79.4 Å². The molecule has 0 radical (unpaired) electrons. The summed E-state index contributed by atoms with van der Waals surface area (Å²) in [5.74, 6) is -1.72. The Bertz CT molecular complexity index is 2570. The monoisotopic (exact) mass is 907 g/mol. The molecule has 2 fully saturated rings. The third-order valence-electron chi connectivity index (χ3n) is 13.0. The number of nitrogens with zero attached hydrogens (tertiary/aromatic N) is 3. The number of hydrogen-bond acceptors (Lipinski definition) is 10. The summed E-state index contributed by atoms with van der Waals surface area (Å²) in [6.45, 7) is 19.2. The predicted molar refractivity (Wildman–Crippen MR) is 250 cm³/mol. The Morgan fingerprint density at radius 1 is 0.877 bits per heavy atom. The van der Waals surface area contributed by atoms with Gasteiger partial charge in [0.1, 0.15) is 35.8 Å². The van der Waals surface area contributed by atoms with Crippen LogP contribution in [0.2, 0.25) is 0 Å². The maximum Gasteiger partial charge on any atom is 0.333 e. The number of hydrogen-bond donors (Lipinski definition) is 1. The third kappa shape index (κ3) is 10.3. The van der Waals surface area contributed by atoms with E-state index in [0.29, 0.717) is 24.4 Å². The highest BCUT2D eigenvalue weighted by molar-refractivity contribution is 6.30. The average Bonchev–Trinajstić information content (AvgIpc) is 3.76. The number of alkyl halides is 1. The Labute approximate surface area is 386 Å². The Balaban J connectivity index is 1.16. The lowest BCUT2D eigenvalue weighted by Crippen LogP contribution is -2.51. The van der Waals surface area contributed by atoms with E-state index in [9.17, 15) is 19.5 Å². The lowest BCUT2D eigenvalue weighted by molar-refractivity contribution is -0.209. The molecule has 12 nitrogen and oxygen atoms in total. The molecule has 8 atom stereocenters. The van der Waals surface area contributed by atoms with Gasteiger partial charge >= 0.3 is 11.7 Å². The standard InChI is InChI=1S/C52H62ClN3O9/c1-31-26-33(3)40(34(4)27-31)30-54(29-38-19-15-14-16-32(38)2)35(5)42(37-17-12-11-13-18-37)51(6,7)65-49(59)43(53)44(58)45-46-47(64-52(8,9)63-46)48(62-45)55-25-24-41(57)56(50(55)60)28-36-20-22-39(61-10)23-21-36/h11-27,35,42-48,58H,28-30H2,1-10H3/t35-,42-,43-,44+,45-,46+,47?,48-/m1/s1. The van der Waals surface area contributed by atoms with Crippen LogP contribution in [0.25, 0.3) is 0 Å². The molecule has 1 N–H and O–H groups in total. The van der Waals surface area contributed by atoms with Crippen molar-refractivity contribution in [2.75, 3.05) is 7.11 Å². The van der Waals surface area contributed by atoms with E-state index in [1.165, 1.54) is 50.2 Å². The first-order chi connectivity index (χ1) is 30.8. The molecule has 1 unspecified atom stereocenters. The molecule has 3 heterocycles. The number of benzene rings is 4. The van der Waals surface area contributed by atoms with E-state index in [2.05, 4.69) is 69.9 Å². The van der Waals surface area contributed by atoms with Gasteiger partial charge in [0.25, 0.3) is 5.56 Å². The van der Waals surface area contributed by atoms with Crippen molar-refractivity contribution in [3.8, 4) is 5.75 Å². The summed E-state index contributed by atoms with van der Waals surface area (Å²) in [7, 11) is 1.56. The number of halogens is 1.